The average Bonchev–Trinajstić information content (AvgIpc) is 2.81. The Morgan fingerprint density at radius 3 is 3.20 bits per heavy atom. The molecule has 1 fully saturated rings. The summed E-state index contributed by atoms with van der Waals surface area (Å²) in [5.74, 6) is 0.0450. The van der Waals surface area contributed by atoms with Gasteiger partial charge in [-0.1, -0.05) is 6.42 Å². The van der Waals surface area contributed by atoms with Gasteiger partial charge in [-0.25, -0.2) is 0 Å². The Kier molecular flexibility index (Phi) is 3.75. The SMILES string of the molecule is O=C(NC[C@H]1CCCCN1)c1ccsc1. The van der Waals surface area contributed by atoms with Crippen LogP contribution in [0.5, 0.6) is 0 Å². The van der Waals surface area contributed by atoms with Gasteiger partial charge in [0.05, 0.1) is 0 Å². The van der Waals surface area contributed by atoms with E-state index in [9.17, 15) is 4.79 Å². The Balaban J connectivity index is 1.75. The molecule has 0 saturated carbocycles. The van der Waals surface area contributed by atoms with E-state index in [0.717, 1.165) is 18.7 Å². The zero-order chi connectivity index (χ0) is 10.5. The molecule has 0 bridgehead atoms. The van der Waals surface area contributed by atoms with Crippen molar-refractivity contribution in [2.75, 3.05) is 13.1 Å². The van der Waals surface area contributed by atoms with Gasteiger partial charge in [-0.15, -0.1) is 0 Å². The number of hydrogen-bond acceptors (Lipinski definition) is 3. The lowest BCUT2D eigenvalue weighted by molar-refractivity contribution is 0.0948. The molecule has 0 aliphatic carbocycles. The monoisotopic (exact) mass is 224 g/mol. The second kappa shape index (κ2) is 5.28. The zero-order valence-electron chi connectivity index (χ0n) is 8.66. The number of amides is 1. The standard InChI is InChI=1S/C11H16N2OS/c14-11(9-4-6-15-8-9)13-7-10-3-1-2-5-12-10/h4,6,8,10,12H,1-3,5,7H2,(H,13,14)/t10-/m1/s1. The predicted octanol–water partition coefficient (Wildman–Crippen LogP) is 1.62. The van der Waals surface area contributed by atoms with Crippen molar-refractivity contribution in [1.29, 1.82) is 0 Å². The van der Waals surface area contributed by atoms with E-state index in [1.54, 1.807) is 11.3 Å². The minimum atomic E-state index is 0.0450. The van der Waals surface area contributed by atoms with Gasteiger partial charge in [0, 0.05) is 23.5 Å². The number of rotatable bonds is 3. The highest BCUT2D eigenvalue weighted by Crippen LogP contribution is 2.07. The van der Waals surface area contributed by atoms with Crippen molar-refractivity contribution in [2.24, 2.45) is 0 Å². The molecule has 0 radical (unpaired) electrons. The quantitative estimate of drug-likeness (QED) is 0.819. The van der Waals surface area contributed by atoms with Crippen LogP contribution in [0.25, 0.3) is 0 Å². The maximum atomic E-state index is 11.6. The summed E-state index contributed by atoms with van der Waals surface area (Å²) < 4.78 is 0. The Bertz CT molecular complexity index is 304. The van der Waals surface area contributed by atoms with E-state index in [-0.39, 0.29) is 5.91 Å². The van der Waals surface area contributed by atoms with E-state index in [1.165, 1.54) is 19.3 Å². The van der Waals surface area contributed by atoms with Gasteiger partial charge in [0.1, 0.15) is 0 Å². The largest absolute Gasteiger partial charge is 0.350 e. The molecule has 0 unspecified atom stereocenters. The van der Waals surface area contributed by atoms with Gasteiger partial charge in [-0.3, -0.25) is 4.79 Å². The predicted molar refractivity (Wildman–Crippen MR) is 62.3 cm³/mol. The van der Waals surface area contributed by atoms with Gasteiger partial charge in [-0.2, -0.15) is 11.3 Å². The van der Waals surface area contributed by atoms with Crippen molar-refractivity contribution >= 4 is 17.2 Å². The Hall–Kier alpha value is -0.870. The van der Waals surface area contributed by atoms with Gasteiger partial charge in [-0.05, 0) is 30.8 Å². The van der Waals surface area contributed by atoms with E-state index in [4.69, 9.17) is 0 Å². The van der Waals surface area contributed by atoms with Crippen LogP contribution in [-0.2, 0) is 0 Å². The molecule has 2 rings (SSSR count). The van der Waals surface area contributed by atoms with Gasteiger partial charge >= 0.3 is 0 Å². The maximum absolute atomic E-state index is 11.6. The van der Waals surface area contributed by atoms with Gasteiger partial charge < -0.3 is 10.6 Å². The van der Waals surface area contributed by atoms with Gasteiger partial charge in [0.25, 0.3) is 5.91 Å². The molecule has 3 nitrogen and oxygen atoms in total. The second-order valence-corrected chi connectivity index (χ2v) is 4.65. The number of carbonyl (C=O) groups is 1. The van der Waals surface area contributed by atoms with Crippen LogP contribution in [-0.4, -0.2) is 25.0 Å². The summed E-state index contributed by atoms with van der Waals surface area (Å²) in [6, 6.07) is 2.32. The van der Waals surface area contributed by atoms with Crippen LogP contribution < -0.4 is 10.6 Å². The molecule has 1 aliphatic heterocycles. The first-order valence-electron chi connectivity index (χ1n) is 5.40. The van der Waals surface area contributed by atoms with E-state index in [1.807, 2.05) is 16.8 Å². The van der Waals surface area contributed by atoms with E-state index < -0.39 is 0 Å². The highest BCUT2D eigenvalue weighted by molar-refractivity contribution is 7.08. The lowest BCUT2D eigenvalue weighted by atomic mass is 10.1. The molecule has 2 heterocycles. The van der Waals surface area contributed by atoms with Crippen molar-refractivity contribution in [3.05, 3.63) is 22.4 Å². The average molecular weight is 224 g/mol. The number of piperidine rings is 1. The van der Waals surface area contributed by atoms with Crippen LogP contribution in [0.15, 0.2) is 16.8 Å². The number of hydrogen-bond donors (Lipinski definition) is 2. The maximum Gasteiger partial charge on any atom is 0.252 e. The summed E-state index contributed by atoms with van der Waals surface area (Å²) in [6.45, 7) is 1.83. The summed E-state index contributed by atoms with van der Waals surface area (Å²) in [5.41, 5.74) is 0.774. The summed E-state index contributed by atoms with van der Waals surface area (Å²) in [7, 11) is 0. The van der Waals surface area contributed by atoms with E-state index >= 15 is 0 Å². The fourth-order valence-corrected chi connectivity index (χ4v) is 2.45. The van der Waals surface area contributed by atoms with Crippen LogP contribution in [0.3, 0.4) is 0 Å². The molecule has 4 heteroatoms. The first-order valence-corrected chi connectivity index (χ1v) is 6.34. The summed E-state index contributed by atoms with van der Waals surface area (Å²) in [6.07, 6.45) is 3.70. The number of carbonyl (C=O) groups excluding carboxylic acids is 1. The van der Waals surface area contributed by atoms with Crippen molar-refractivity contribution in [3.8, 4) is 0 Å². The molecule has 2 N–H and O–H groups in total. The number of thiophene rings is 1. The molecular weight excluding hydrogens is 208 g/mol. The molecule has 1 amide bonds. The molecule has 1 saturated heterocycles. The molecule has 1 aromatic heterocycles. The first-order chi connectivity index (χ1) is 7.36. The smallest absolute Gasteiger partial charge is 0.252 e. The third-order valence-electron chi connectivity index (χ3n) is 2.70. The number of nitrogens with one attached hydrogen (secondary N) is 2. The summed E-state index contributed by atoms with van der Waals surface area (Å²) in [4.78, 5) is 11.6. The fourth-order valence-electron chi connectivity index (χ4n) is 1.81. The van der Waals surface area contributed by atoms with E-state index in [2.05, 4.69) is 10.6 Å². The molecule has 1 aromatic rings. The van der Waals surface area contributed by atoms with Gasteiger partial charge in [0.2, 0.25) is 0 Å². The third kappa shape index (κ3) is 3.04. The summed E-state index contributed by atoms with van der Waals surface area (Å²) >= 11 is 1.55. The van der Waals surface area contributed by atoms with Crippen LogP contribution in [0.1, 0.15) is 29.6 Å². The van der Waals surface area contributed by atoms with Crippen molar-refractivity contribution in [1.82, 2.24) is 10.6 Å². The molecule has 82 valence electrons. The molecular formula is C11H16N2OS. The highest BCUT2D eigenvalue weighted by atomic mass is 32.1. The lowest BCUT2D eigenvalue weighted by Crippen LogP contribution is -2.43. The Morgan fingerprint density at radius 2 is 2.53 bits per heavy atom. The van der Waals surface area contributed by atoms with Crippen LogP contribution in [0.4, 0.5) is 0 Å². The third-order valence-corrected chi connectivity index (χ3v) is 3.39. The minimum Gasteiger partial charge on any atom is -0.350 e. The first kappa shape index (κ1) is 10.6. The Labute approximate surface area is 93.9 Å². The molecule has 0 aromatic carbocycles. The van der Waals surface area contributed by atoms with Crippen LogP contribution in [0, 0.1) is 0 Å². The lowest BCUT2D eigenvalue weighted by Gasteiger charge is -2.23. The molecule has 1 aliphatic rings. The molecule has 0 spiro atoms. The van der Waals surface area contributed by atoms with E-state index in [0.29, 0.717) is 6.04 Å². The second-order valence-electron chi connectivity index (χ2n) is 3.87. The van der Waals surface area contributed by atoms with Crippen molar-refractivity contribution in [3.63, 3.8) is 0 Å². The normalized spacial score (nSPS) is 21.2. The highest BCUT2D eigenvalue weighted by Gasteiger charge is 2.13. The van der Waals surface area contributed by atoms with Crippen molar-refractivity contribution < 1.29 is 4.79 Å². The van der Waals surface area contributed by atoms with Crippen LogP contribution in [0.2, 0.25) is 0 Å². The zero-order valence-corrected chi connectivity index (χ0v) is 9.48. The minimum absolute atomic E-state index is 0.0450. The molecule has 15 heavy (non-hydrogen) atoms. The Morgan fingerprint density at radius 1 is 1.60 bits per heavy atom. The molecule has 1 atom stereocenters. The van der Waals surface area contributed by atoms with Crippen molar-refractivity contribution in [2.45, 2.75) is 25.3 Å². The topological polar surface area (TPSA) is 41.1 Å². The summed E-state index contributed by atoms with van der Waals surface area (Å²) in [5, 5.41) is 10.2. The van der Waals surface area contributed by atoms with Crippen LogP contribution >= 0.6 is 11.3 Å². The fraction of sp³-hybridized carbons (Fsp3) is 0.545. The van der Waals surface area contributed by atoms with Gasteiger partial charge in [0.15, 0.2) is 0 Å².